The molecule has 0 amide bonds. The first-order chi connectivity index (χ1) is 7.75. The zero-order valence-corrected chi connectivity index (χ0v) is 11.3. The van der Waals surface area contributed by atoms with Gasteiger partial charge in [0.2, 0.25) is 0 Å². The molecule has 0 fully saturated rings. The lowest BCUT2D eigenvalue weighted by Crippen LogP contribution is -1.99. The van der Waals surface area contributed by atoms with Crippen LogP contribution in [0.5, 0.6) is 5.75 Å². The predicted octanol–water partition coefficient (Wildman–Crippen LogP) is 3.69. The first kappa shape index (κ1) is 13.5. The van der Waals surface area contributed by atoms with Crippen molar-refractivity contribution in [3.8, 4) is 5.75 Å². The molecule has 0 spiro atoms. The Hall–Kier alpha value is -0.540. The van der Waals surface area contributed by atoms with E-state index in [0.717, 1.165) is 48.1 Å². The molecule has 0 bridgehead atoms. The van der Waals surface area contributed by atoms with E-state index in [0.29, 0.717) is 6.61 Å². The molecule has 90 valence electrons. The second kappa shape index (κ2) is 7.69. The minimum absolute atomic E-state index is 0.297. The quantitative estimate of drug-likeness (QED) is 0.775. The van der Waals surface area contributed by atoms with Gasteiger partial charge in [0.05, 0.1) is 6.61 Å². The van der Waals surface area contributed by atoms with Gasteiger partial charge in [-0.3, -0.25) is 0 Å². The molecule has 0 radical (unpaired) electrons. The van der Waals surface area contributed by atoms with Gasteiger partial charge in [0.15, 0.2) is 0 Å². The minimum atomic E-state index is 0.297. The molecule has 1 N–H and O–H groups in total. The Morgan fingerprint density at radius 3 is 2.69 bits per heavy atom. The average molecular weight is 287 g/mol. The van der Waals surface area contributed by atoms with Crippen molar-refractivity contribution in [3.63, 3.8) is 0 Å². The van der Waals surface area contributed by atoms with E-state index >= 15 is 0 Å². The van der Waals surface area contributed by atoms with Gasteiger partial charge in [0.25, 0.3) is 0 Å². The Balaban J connectivity index is 2.24. The molecular weight excluding hydrogens is 268 g/mol. The monoisotopic (exact) mass is 286 g/mol. The summed E-state index contributed by atoms with van der Waals surface area (Å²) in [6.07, 6.45) is 4.15. The summed E-state index contributed by atoms with van der Waals surface area (Å²) in [6.45, 7) is 3.10. The Bertz CT molecular complexity index is 313. The standard InChI is InChI=1S/C13H19BrO2/c1-11-12(14)7-6-8-13(11)16-10-5-3-2-4-9-15/h6-8,15H,2-5,9-10H2,1H3. The van der Waals surface area contributed by atoms with Crippen molar-refractivity contribution in [2.45, 2.75) is 32.6 Å². The SMILES string of the molecule is Cc1c(Br)cccc1OCCCCCCO. The fourth-order valence-corrected chi connectivity index (χ4v) is 1.84. The van der Waals surface area contributed by atoms with E-state index in [-0.39, 0.29) is 0 Å². The second-order valence-electron chi connectivity index (χ2n) is 3.85. The lowest BCUT2D eigenvalue weighted by Gasteiger charge is -2.09. The predicted molar refractivity (Wildman–Crippen MR) is 69.9 cm³/mol. The molecule has 1 rings (SSSR count). The van der Waals surface area contributed by atoms with E-state index in [1.165, 1.54) is 0 Å². The number of rotatable bonds is 7. The molecule has 3 heteroatoms. The second-order valence-corrected chi connectivity index (χ2v) is 4.70. The third kappa shape index (κ3) is 4.54. The Labute approximate surface area is 106 Å². The third-order valence-electron chi connectivity index (χ3n) is 2.53. The largest absolute Gasteiger partial charge is 0.493 e. The summed E-state index contributed by atoms with van der Waals surface area (Å²) < 4.78 is 6.79. The topological polar surface area (TPSA) is 29.5 Å². The van der Waals surface area contributed by atoms with Crippen molar-refractivity contribution >= 4 is 15.9 Å². The van der Waals surface area contributed by atoms with Crippen molar-refractivity contribution < 1.29 is 9.84 Å². The summed E-state index contributed by atoms with van der Waals surface area (Å²) >= 11 is 3.48. The lowest BCUT2D eigenvalue weighted by molar-refractivity contribution is 0.273. The van der Waals surface area contributed by atoms with Crippen LogP contribution in [0.1, 0.15) is 31.2 Å². The first-order valence-electron chi connectivity index (χ1n) is 5.74. The Morgan fingerprint density at radius 2 is 1.94 bits per heavy atom. The van der Waals surface area contributed by atoms with Gasteiger partial charge < -0.3 is 9.84 Å². The summed E-state index contributed by atoms with van der Waals surface area (Å²) in [6, 6.07) is 6.00. The molecule has 2 nitrogen and oxygen atoms in total. The highest BCUT2D eigenvalue weighted by molar-refractivity contribution is 9.10. The Kier molecular flexibility index (Phi) is 6.50. The molecule has 0 aliphatic rings. The van der Waals surface area contributed by atoms with E-state index in [4.69, 9.17) is 9.84 Å². The van der Waals surface area contributed by atoms with Gasteiger partial charge in [-0.25, -0.2) is 0 Å². The molecule has 0 aromatic heterocycles. The van der Waals surface area contributed by atoms with Gasteiger partial charge in [-0.2, -0.15) is 0 Å². The van der Waals surface area contributed by atoms with E-state index in [1.807, 2.05) is 25.1 Å². The number of halogens is 1. The van der Waals surface area contributed by atoms with Crippen molar-refractivity contribution in [3.05, 3.63) is 28.2 Å². The van der Waals surface area contributed by atoms with Gasteiger partial charge in [-0.05, 0) is 38.3 Å². The number of aliphatic hydroxyl groups is 1. The minimum Gasteiger partial charge on any atom is -0.493 e. The van der Waals surface area contributed by atoms with Crippen LogP contribution in [0, 0.1) is 6.92 Å². The number of unbranched alkanes of at least 4 members (excludes halogenated alkanes) is 3. The molecular formula is C13H19BrO2. The number of aliphatic hydroxyl groups excluding tert-OH is 1. The molecule has 0 heterocycles. The molecule has 0 saturated carbocycles. The van der Waals surface area contributed by atoms with E-state index in [9.17, 15) is 0 Å². The summed E-state index contributed by atoms with van der Waals surface area (Å²) in [7, 11) is 0. The van der Waals surface area contributed by atoms with E-state index in [1.54, 1.807) is 0 Å². The van der Waals surface area contributed by atoms with Crippen molar-refractivity contribution in [2.75, 3.05) is 13.2 Å². The summed E-state index contributed by atoms with van der Waals surface area (Å²) in [5, 5.41) is 8.63. The molecule has 0 aliphatic carbocycles. The van der Waals surface area contributed by atoms with Crippen molar-refractivity contribution in [2.24, 2.45) is 0 Å². The maximum absolute atomic E-state index is 8.63. The van der Waals surface area contributed by atoms with E-state index < -0.39 is 0 Å². The molecule has 0 saturated heterocycles. The van der Waals surface area contributed by atoms with Gasteiger partial charge >= 0.3 is 0 Å². The molecule has 0 aliphatic heterocycles. The highest BCUT2D eigenvalue weighted by atomic mass is 79.9. The van der Waals surface area contributed by atoms with Crippen LogP contribution < -0.4 is 4.74 Å². The number of hydrogen-bond acceptors (Lipinski definition) is 2. The first-order valence-corrected chi connectivity index (χ1v) is 6.54. The van der Waals surface area contributed by atoms with Crippen LogP contribution in [0.3, 0.4) is 0 Å². The molecule has 1 aromatic carbocycles. The van der Waals surface area contributed by atoms with Crippen LogP contribution in [0.25, 0.3) is 0 Å². The zero-order chi connectivity index (χ0) is 11.8. The van der Waals surface area contributed by atoms with Crippen LogP contribution in [0.2, 0.25) is 0 Å². The summed E-state index contributed by atoms with van der Waals surface area (Å²) in [5.41, 5.74) is 1.15. The van der Waals surface area contributed by atoms with Crippen LogP contribution in [-0.4, -0.2) is 18.3 Å². The highest BCUT2D eigenvalue weighted by Gasteiger charge is 2.01. The van der Waals surface area contributed by atoms with Gasteiger partial charge in [0, 0.05) is 16.6 Å². The third-order valence-corrected chi connectivity index (χ3v) is 3.39. The van der Waals surface area contributed by atoms with Crippen LogP contribution in [0.15, 0.2) is 22.7 Å². The maximum atomic E-state index is 8.63. The number of hydrogen-bond donors (Lipinski definition) is 1. The van der Waals surface area contributed by atoms with E-state index in [2.05, 4.69) is 15.9 Å². The number of benzene rings is 1. The molecule has 0 atom stereocenters. The van der Waals surface area contributed by atoms with Gasteiger partial charge in [0.1, 0.15) is 5.75 Å². The maximum Gasteiger partial charge on any atom is 0.123 e. The smallest absolute Gasteiger partial charge is 0.123 e. The average Bonchev–Trinajstić information content (AvgIpc) is 2.29. The molecule has 1 aromatic rings. The van der Waals surface area contributed by atoms with Crippen LogP contribution in [0.4, 0.5) is 0 Å². The van der Waals surface area contributed by atoms with Crippen LogP contribution >= 0.6 is 15.9 Å². The number of ether oxygens (including phenoxy) is 1. The molecule has 0 unspecified atom stereocenters. The highest BCUT2D eigenvalue weighted by Crippen LogP contribution is 2.25. The van der Waals surface area contributed by atoms with Gasteiger partial charge in [-0.1, -0.05) is 28.4 Å². The normalized spacial score (nSPS) is 10.4. The molecule has 16 heavy (non-hydrogen) atoms. The fourth-order valence-electron chi connectivity index (χ4n) is 1.49. The van der Waals surface area contributed by atoms with Crippen molar-refractivity contribution in [1.29, 1.82) is 0 Å². The summed E-state index contributed by atoms with van der Waals surface area (Å²) in [4.78, 5) is 0. The van der Waals surface area contributed by atoms with Crippen molar-refractivity contribution in [1.82, 2.24) is 0 Å². The summed E-state index contributed by atoms with van der Waals surface area (Å²) in [5.74, 6) is 0.955. The van der Waals surface area contributed by atoms with Crippen LogP contribution in [-0.2, 0) is 0 Å². The fraction of sp³-hybridized carbons (Fsp3) is 0.538. The Morgan fingerprint density at radius 1 is 1.19 bits per heavy atom. The zero-order valence-electron chi connectivity index (χ0n) is 9.71. The van der Waals surface area contributed by atoms with Gasteiger partial charge in [-0.15, -0.1) is 0 Å². The lowest BCUT2D eigenvalue weighted by atomic mass is 10.2.